The van der Waals surface area contributed by atoms with Crippen LogP contribution in [0.3, 0.4) is 0 Å². The normalized spacial score (nSPS) is 5.20. The standard InChI is InChI=1S/C3HClF/c4-2-1-3-5/h3H. The highest BCUT2D eigenvalue weighted by atomic mass is 35.5. The highest BCUT2D eigenvalue weighted by Gasteiger charge is 1.57. The molecule has 2 heteroatoms. The molecule has 5 heavy (non-hydrogen) atoms. The summed E-state index contributed by atoms with van der Waals surface area (Å²) in [7, 11) is 0. The van der Waals surface area contributed by atoms with Crippen molar-refractivity contribution in [1.82, 2.24) is 0 Å². The van der Waals surface area contributed by atoms with Crippen molar-refractivity contribution in [2.75, 3.05) is 0 Å². The third-order valence-electron chi connectivity index (χ3n) is 0.109. The van der Waals surface area contributed by atoms with Crippen molar-refractivity contribution in [3.05, 3.63) is 6.67 Å². The van der Waals surface area contributed by atoms with Gasteiger partial charge in [-0.2, -0.15) is 0 Å². The Labute approximate surface area is 34.9 Å². The summed E-state index contributed by atoms with van der Waals surface area (Å²) in [6.07, 6.45) is 0. The van der Waals surface area contributed by atoms with Gasteiger partial charge in [0.15, 0.2) is 0 Å². The van der Waals surface area contributed by atoms with E-state index < -0.39 is 0 Å². The van der Waals surface area contributed by atoms with Crippen molar-refractivity contribution in [2.24, 2.45) is 0 Å². The van der Waals surface area contributed by atoms with Crippen molar-refractivity contribution in [3.63, 3.8) is 0 Å². The Hall–Kier alpha value is -0.220. The van der Waals surface area contributed by atoms with Crippen LogP contribution in [-0.4, -0.2) is 0 Å². The molecule has 0 rings (SSSR count). The highest BCUT2D eigenvalue weighted by Crippen LogP contribution is 1.70. The van der Waals surface area contributed by atoms with E-state index in [0.717, 1.165) is 0 Å². The third kappa shape index (κ3) is 3.78. The van der Waals surface area contributed by atoms with Gasteiger partial charge in [0.2, 0.25) is 6.67 Å². The smallest absolute Gasteiger partial charge is 0.204 e. The van der Waals surface area contributed by atoms with E-state index in [1.165, 1.54) is 0 Å². The van der Waals surface area contributed by atoms with Crippen molar-refractivity contribution < 1.29 is 4.39 Å². The molecule has 0 bridgehead atoms. The summed E-state index contributed by atoms with van der Waals surface area (Å²) < 4.78 is 10.6. The molecule has 0 saturated heterocycles. The maximum atomic E-state index is 10.6. The molecule has 0 aliphatic heterocycles. The van der Waals surface area contributed by atoms with Crippen molar-refractivity contribution in [2.45, 2.75) is 0 Å². The van der Waals surface area contributed by atoms with E-state index in [2.05, 4.69) is 11.6 Å². The zero-order valence-electron chi connectivity index (χ0n) is 2.33. The first-order valence-corrected chi connectivity index (χ1v) is 1.32. The van der Waals surface area contributed by atoms with Gasteiger partial charge in [-0.05, 0) is 17.5 Å². The van der Waals surface area contributed by atoms with Gasteiger partial charge in [0.25, 0.3) is 0 Å². The zero-order valence-corrected chi connectivity index (χ0v) is 3.09. The maximum absolute atomic E-state index is 10.6. The number of hydrogen-bond acceptors (Lipinski definition) is 0. The Bertz CT molecular complexity index is 59.0. The summed E-state index contributed by atoms with van der Waals surface area (Å²) >= 11 is 4.67. The topological polar surface area (TPSA) is 0 Å². The SMILES string of the molecule is F[CH]C#CCl. The second kappa shape index (κ2) is 3.78. The Kier molecular flexibility index (Phi) is 3.61. The highest BCUT2D eigenvalue weighted by molar-refractivity contribution is 6.30. The van der Waals surface area contributed by atoms with Crippen LogP contribution in [0.4, 0.5) is 4.39 Å². The first-order chi connectivity index (χ1) is 2.41. The third-order valence-corrected chi connectivity index (χ3v) is 0.218. The first kappa shape index (κ1) is 4.78. The lowest BCUT2D eigenvalue weighted by molar-refractivity contribution is 0.665. The van der Waals surface area contributed by atoms with Gasteiger partial charge >= 0.3 is 0 Å². The molecule has 0 fully saturated rings. The van der Waals surface area contributed by atoms with E-state index >= 15 is 0 Å². The summed E-state index contributed by atoms with van der Waals surface area (Å²) in [5.74, 6) is 1.83. The summed E-state index contributed by atoms with van der Waals surface area (Å²) in [5, 5.41) is 1.81. The average molecular weight is 91.5 g/mol. The summed E-state index contributed by atoms with van der Waals surface area (Å²) in [4.78, 5) is 0. The van der Waals surface area contributed by atoms with Gasteiger partial charge in [-0.1, -0.05) is 0 Å². The molecule has 0 N–H and O–H groups in total. The van der Waals surface area contributed by atoms with Gasteiger partial charge in [0.1, 0.15) is 0 Å². The maximum Gasteiger partial charge on any atom is 0.204 e. The molecular weight excluding hydrogens is 90.5 g/mol. The molecule has 0 heterocycles. The fourth-order valence-corrected chi connectivity index (χ4v) is 0.0619. The van der Waals surface area contributed by atoms with Gasteiger partial charge in [0, 0.05) is 5.38 Å². The predicted molar refractivity (Wildman–Crippen MR) is 19.0 cm³/mol. The van der Waals surface area contributed by atoms with Crippen LogP contribution in [0.5, 0.6) is 0 Å². The van der Waals surface area contributed by atoms with Crippen LogP contribution in [0.15, 0.2) is 0 Å². The molecule has 0 spiro atoms. The summed E-state index contributed by atoms with van der Waals surface area (Å²) in [6.45, 7) is 0.188. The van der Waals surface area contributed by atoms with E-state index in [4.69, 9.17) is 0 Å². The monoisotopic (exact) mass is 91.0 g/mol. The predicted octanol–water partition coefficient (Wildman–Crippen LogP) is 1.32. The average Bonchev–Trinajstić information content (AvgIpc) is 1.41. The summed E-state index contributed by atoms with van der Waals surface area (Å²) in [5.41, 5.74) is 0. The van der Waals surface area contributed by atoms with Crippen LogP contribution in [0.2, 0.25) is 0 Å². The van der Waals surface area contributed by atoms with E-state index in [0.29, 0.717) is 0 Å². The molecule has 0 atom stereocenters. The quantitative estimate of drug-likeness (QED) is 0.395. The molecular formula is C3HClF. The molecule has 0 aliphatic carbocycles. The van der Waals surface area contributed by atoms with Crippen LogP contribution in [-0.2, 0) is 0 Å². The second-order valence-electron chi connectivity index (χ2n) is 0.348. The molecule has 0 nitrogen and oxygen atoms in total. The van der Waals surface area contributed by atoms with Gasteiger partial charge in [-0.25, -0.2) is 4.39 Å². The Morgan fingerprint density at radius 3 is 2.40 bits per heavy atom. The number of halogens is 2. The van der Waals surface area contributed by atoms with Gasteiger partial charge < -0.3 is 0 Å². The molecule has 0 aromatic carbocycles. The second-order valence-corrected chi connectivity index (χ2v) is 0.537. The minimum Gasteiger partial charge on any atom is -0.229 e. The molecule has 0 aromatic rings. The molecule has 0 aliphatic rings. The molecule has 0 amide bonds. The fourth-order valence-electron chi connectivity index (χ4n) is 0.0206. The largest absolute Gasteiger partial charge is 0.229 e. The Morgan fingerprint density at radius 2 is 2.40 bits per heavy atom. The lowest BCUT2D eigenvalue weighted by Gasteiger charge is -1.51. The van der Waals surface area contributed by atoms with Crippen LogP contribution < -0.4 is 0 Å². The molecule has 0 unspecified atom stereocenters. The van der Waals surface area contributed by atoms with Gasteiger partial charge in [-0.15, -0.1) is 0 Å². The number of hydrogen-bond donors (Lipinski definition) is 0. The van der Waals surface area contributed by atoms with Crippen LogP contribution in [0.25, 0.3) is 0 Å². The summed E-state index contributed by atoms with van der Waals surface area (Å²) in [6, 6.07) is 0. The molecule has 0 saturated carbocycles. The van der Waals surface area contributed by atoms with E-state index in [-0.39, 0.29) is 6.67 Å². The zero-order chi connectivity index (χ0) is 4.12. The van der Waals surface area contributed by atoms with E-state index in [1.54, 1.807) is 0 Å². The molecule has 1 radical (unpaired) electrons. The first-order valence-electron chi connectivity index (χ1n) is 0.946. The van der Waals surface area contributed by atoms with Gasteiger partial charge in [-0.3, -0.25) is 0 Å². The van der Waals surface area contributed by atoms with Crippen molar-refractivity contribution in [3.8, 4) is 11.3 Å². The lowest BCUT2D eigenvalue weighted by atomic mass is 10.8. The van der Waals surface area contributed by atoms with Crippen LogP contribution in [0.1, 0.15) is 0 Å². The van der Waals surface area contributed by atoms with Crippen molar-refractivity contribution >= 4 is 11.6 Å². The van der Waals surface area contributed by atoms with E-state index in [1.807, 2.05) is 11.3 Å². The van der Waals surface area contributed by atoms with Crippen molar-refractivity contribution in [1.29, 1.82) is 0 Å². The minimum atomic E-state index is 0.188. The molecule has 0 aromatic heterocycles. The Morgan fingerprint density at radius 1 is 1.80 bits per heavy atom. The minimum absolute atomic E-state index is 0.188. The van der Waals surface area contributed by atoms with Gasteiger partial charge in [0.05, 0.1) is 0 Å². The lowest BCUT2D eigenvalue weighted by Crippen LogP contribution is -1.41. The number of rotatable bonds is 0. The Balaban J connectivity index is 2.81. The molecule has 27 valence electrons. The van der Waals surface area contributed by atoms with E-state index in [9.17, 15) is 4.39 Å². The fraction of sp³-hybridized carbons (Fsp3) is 0. The van der Waals surface area contributed by atoms with Crippen LogP contribution >= 0.6 is 11.6 Å². The van der Waals surface area contributed by atoms with Crippen LogP contribution in [0, 0.1) is 18.0 Å².